The summed E-state index contributed by atoms with van der Waals surface area (Å²) in [6.07, 6.45) is -3.31. The minimum atomic E-state index is -1.24. The number of carbonyl (C=O) groups is 2. The van der Waals surface area contributed by atoms with Gasteiger partial charge in [0.2, 0.25) is 6.29 Å². The summed E-state index contributed by atoms with van der Waals surface area (Å²) in [5, 5.41) is 18.7. The van der Waals surface area contributed by atoms with Crippen molar-refractivity contribution in [2.75, 3.05) is 6.61 Å². The Morgan fingerprint density at radius 1 is 1.24 bits per heavy atom. The molecule has 2 fully saturated rings. The van der Waals surface area contributed by atoms with E-state index < -0.39 is 36.4 Å². The van der Waals surface area contributed by atoms with Gasteiger partial charge in [-0.2, -0.15) is 0 Å². The van der Waals surface area contributed by atoms with Gasteiger partial charge in [0.15, 0.2) is 6.10 Å². The van der Waals surface area contributed by atoms with Crippen LogP contribution >= 0.6 is 0 Å². The maximum Gasteiger partial charge on any atom is 0.335 e. The van der Waals surface area contributed by atoms with Gasteiger partial charge >= 0.3 is 5.97 Å². The second-order valence-corrected chi connectivity index (χ2v) is 5.03. The van der Waals surface area contributed by atoms with Crippen LogP contribution < -0.4 is 0 Å². The fourth-order valence-corrected chi connectivity index (χ4v) is 2.72. The largest absolute Gasteiger partial charge is 0.479 e. The molecule has 2 aliphatic heterocycles. The second kappa shape index (κ2) is 5.44. The molecule has 0 aromatic heterocycles. The molecule has 2 saturated heterocycles. The predicted octanol–water partition coefficient (Wildman–Crippen LogP) is -0.416. The zero-order chi connectivity index (χ0) is 15.0. The van der Waals surface area contributed by atoms with Crippen LogP contribution in [0.2, 0.25) is 0 Å². The number of hydrogen-bond donors (Lipinski definition) is 2. The number of morpholine rings is 1. The van der Waals surface area contributed by atoms with Gasteiger partial charge in [-0.05, 0) is 5.56 Å². The highest BCUT2D eigenvalue weighted by Gasteiger charge is 2.55. The van der Waals surface area contributed by atoms with Crippen LogP contribution in [0.15, 0.2) is 30.3 Å². The molecular formula is C14H15NO6. The van der Waals surface area contributed by atoms with Gasteiger partial charge in [-0.1, -0.05) is 30.3 Å². The van der Waals surface area contributed by atoms with Gasteiger partial charge in [-0.15, -0.1) is 0 Å². The summed E-state index contributed by atoms with van der Waals surface area (Å²) < 4.78 is 10.4. The van der Waals surface area contributed by atoms with Crippen LogP contribution in [0.3, 0.4) is 0 Å². The number of carboxylic acids is 1. The first-order valence-corrected chi connectivity index (χ1v) is 6.61. The van der Waals surface area contributed by atoms with Crippen LogP contribution in [0.25, 0.3) is 0 Å². The number of nitrogens with zero attached hydrogens (tertiary/aromatic N) is 1. The van der Waals surface area contributed by atoms with E-state index in [0.717, 1.165) is 5.56 Å². The third kappa shape index (κ3) is 2.39. The molecule has 0 unspecified atom stereocenters. The van der Waals surface area contributed by atoms with Crippen LogP contribution in [-0.2, 0) is 25.6 Å². The van der Waals surface area contributed by atoms with E-state index in [4.69, 9.17) is 14.6 Å². The maximum absolute atomic E-state index is 12.3. The van der Waals surface area contributed by atoms with Gasteiger partial charge in [0, 0.05) is 6.54 Å². The Morgan fingerprint density at radius 3 is 2.57 bits per heavy atom. The lowest BCUT2D eigenvalue weighted by atomic mass is 10.0. The first-order chi connectivity index (χ1) is 10.1. The lowest BCUT2D eigenvalue weighted by molar-refractivity contribution is -0.181. The quantitative estimate of drug-likeness (QED) is 0.783. The molecular weight excluding hydrogens is 278 g/mol. The zero-order valence-electron chi connectivity index (χ0n) is 11.1. The van der Waals surface area contributed by atoms with E-state index in [9.17, 15) is 14.7 Å². The van der Waals surface area contributed by atoms with Crippen molar-refractivity contribution in [1.29, 1.82) is 0 Å². The highest BCUT2D eigenvalue weighted by molar-refractivity contribution is 5.83. The average molecular weight is 293 g/mol. The smallest absolute Gasteiger partial charge is 0.335 e. The highest BCUT2D eigenvalue weighted by atomic mass is 16.7. The molecule has 1 aromatic rings. The Kier molecular flexibility index (Phi) is 3.62. The normalized spacial score (nSPS) is 31.5. The molecule has 2 aliphatic rings. The topological polar surface area (TPSA) is 96.3 Å². The number of aliphatic hydroxyl groups is 1. The molecule has 7 nitrogen and oxygen atoms in total. The van der Waals surface area contributed by atoms with E-state index in [-0.39, 0.29) is 13.2 Å². The summed E-state index contributed by atoms with van der Waals surface area (Å²) in [6, 6.07) is 8.53. The standard InChI is InChI=1S/C14H15NO6/c16-7-9-10-11(13(18)19)21-14(20-10)12(17)15(9)6-8-4-2-1-3-5-8/h1-5,9-11,14,16H,6-7H2,(H,18,19)/t9-,10-,11-,14+/m0/s1. The van der Waals surface area contributed by atoms with Crippen molar-refractivity contribution >= 4 is 11.9 Å². The number of carbonyl (C=O) groups excluding carboxylic acids is 1. The molecule has 2 N–H and O–H groups in total. The number of fused-ring (bicyclic) bond motifs is 2. The summed E-state index contributed by atoms with van der Waals surface area (Å²) in [7, 11) is 0. The number of ether oxygens (including phenoxy) is 2. The number of hydrogen-bond acceptors (Lipinski definition) is 5. The molecule has 2 heterocycles. The van der Waals surface area contributed by atoms with Gasteiger partial charge in [0.1, 0.15) is 6.10 Å². The Hall–Kier alpha value is -1.96. The highest BCUT2D eigenvalue weighted by Crippen LogP contribution is 2.32. The molecule has 1 aromatic carbocycles. The van der Waals surface area contributed by atoms with Crippen LogP contribution in [-0.4, -0.2) is 58.1 Å². The molecule has 0 aliphatic carbocycles. The first-order valence-electron chi connectivity index (χ1n) is 6.61. The van der Waals surface area contributed by atoms with E-state index in [1.54, 1.807) is 0 Å². The monoisotopic (exact) mass is 293 g/mol. The van der Waals surface area contributed by atoms with Crippen molar-refractivity contribution in [3.05, 3.63) is 35.9 Å². The maximum atomic E-state index is 12.3. The van der Waals surface area contributed by atoms with Crippen LogP contribution in [0, 0.1) is 0 Å². The van der Waals surface area contributed by atoms with Crippen LogP contribution in [0.1, 0.15) is 5.56 Å². The minimum Gasteiger partial charge on any atom is -0.479 e. The molecule has 0 spiro atoms. The van der Waals surface area contributed by atoms with Crippen molar-refractivity contribution in [2.24, 2.45) is 0 Å². The fourth-order valence-electron chi connectivity index (χ4n) is 2.72. The molecule has 1 amide bonds. The fraction of sp³-hybridized carbons (Fsp3) is 0.429. The third-order valence-electron chi connectivity index (χ3n) is 3.74. The average Bonchev–Trinajstić information content (AvgIpc) is 2.88. The molecule has 7 heteroatoms. The lowest BCUT2D eigenvalue weighted by Crippen LogP contribution is -2.57. The summed E-state index contributed by atoms with van der Waals surface area (Å²) in [5.74, 6) is -1.66. The third-order valence-corrected chi connectivity index (χ3v) is 3.74. The molecule has 112 valence electrons. The number of carboxylic acid groups (broad SMARTS) is 1. The second-order valence-electron chi connectivity index (χ2n) is 5.03. The summed E-state index contributed by atoms with van der Waals surface area (Å²) in [4.78, 5) is 24.9. The molecule has 0 radical (unpaired) electrons. The first kappa shape index (κ1) is 14.0. The van der Waals surface area contributed by atoms with E-state index in [2.05, 4.69) is 0 Å². The Bertz CT molecular complexity index is 548. The molecule has 21 heavy (non-hydrogen) atoms. The molecule has 2 bridgehead atoms. The molecule has 4 atom stereocenters. The molecule has 0 saturated carbocycles. The van der Waals surface area contributed by atoms with Crippen molar-refractivity contribution < 1.29 is 29.3 Å². The van der Waals surface area contributed by atoms with E-state index >= 15 is 0 Å². The van der Waals surface area contributed by atoms with E-state index in [0.29, 0.717) is 0 Å². The summed E-state index contributed by atoms with van der Waals surface area (Å²) in [6.45, 7) is -0.111. The Labute approximate surface area is 120 Å². The number of benzene rings is 1. The van der Waals surface area contributed by atoms with E-state index in [1.807, 2.05) is 30.3 Å². The Morgan fingerprint density at radius 2 is 1.95 bits per heavy atom. The van der Waals surface area contributed by atoms with Crippen molar-refractivity contribution in [1.82, 2.24) is 4.90 Å². The van der Waals surface area contributed by atoms with Crippen molar-refractivity contribution in [3.8, 4) is 0 Å². The van der Waals surface area contributed by atoms with E-state index in [1.165, 1.54) is 4.90 Å². The van der Waals surface area contributed by atoms with Gasteiger partial charge in [0.25, 0.3) is 5.91 Å². The number of amides is 1. The van der Waals surface area contributed by atoms with Crippen molar-refractivity contribution in [2.45, 2.75) is 31.1 Å². The van der Waals surface area contributed by atoms with Gasteiger partial charge in [-0.25, -0.2) is 4.79 Å². The number of rotatable bonds is 4. The van der Waals surface area contributed by atoms with Gasteiger partial charge in [0.05, 0.1) is 12.6 Å². The summed E-state index contributed by atoms with van der Waals surface area (Å²) in [5.41, 5.74) is 0.887. The Balaban J connectivity index is 1.86. The van der Waals surface area contributed by atoms with Crippen LogP contribution in [0.4, 0.5) is 0 Å². The predicted molar refractivity (Wildman–Crippen MR) is 69.0 cm³/mol. The van der Waals surface area contributed by atoms with Gasteiger partial charge in [-0.3, -0.25) is 4.79 Å². The number of aliphatic hydroxyl groups excluding tert-OH is 1. The zero-order valence-corrected chi connectivity index (χ0v) is 11.1. The van der Waals surface area contributed by atoms with Crippen LogP contribution in [0.5, 0.6) is 0 Å². The van der Waals surface area contributed by atoms with Crippen molar-refractivity contribution in [3.63, 3.8) is 0 Å². The lowest BCUT2D eigenvalue weighted by Gasteiger charge is -2.37. The summed E-state index contributed by atoms with van der Waals surface area (Å²) >= 11 is 0. The number of aliphatic carboxylic acids is 1. The van der Waals surface area contributed by atoms with Gasteiger partial charge < -0.3 is 24.6 Å². The molecule has 3 rings (SSSR count). The minimum absolute atomic E-state index is 0.275. The SMILES string of the molecule is O=C(O)[C@H]1O[C@H]2O[C@H]1[C@H](CO)N(Cc1ccccc1)C2=O.